The number of hydrogen-bond donors (Lipinski definition) is 1. The Kier molecular flexibility index (Phi) is 6.87. The molecule has 0 aliphatic carbocycles. The molecule has 4 aromatic rings. The number of nitrogens with two attached hydrogens (primary N) is 1. The number of fused-ring (bicyclic) bond motifs is 2. The van der Waals surface area contributed by atoms with E-state index in [1.54, 1.807) is 17.9 Å². The number of aromatic nitrogens is 2. The van der Waals surface area contributed by atoms with Crippen LogP contribution in [0.5, 0.6) is 0 Å². The van der Waals surface area contributed by atoms with Crippen LogP contribution < -0.4 is 10.6 Å². The maximum absolute atomic E-state index is 16.3. The highest BCUT2D eigenvalue weighted by Crippen LogP contribution is 2.47. The van der Waals surface area contributed by atoms with Crippen LogP contribution in [0, 0.1) is 23.0 Å². The van der Waals surface area contributed by atoms with Crippen molar-refractivity contribution in [1.82, 2.24) is 14.9 Å². The molecule has 0 radical (unpaired) electrons. The maximum Gasteiger partial charge on any atom is 0.417 e. The Hall–Kier alpha value is -4.25. The van der Waals surface area contributed by atoms with Gasteiger partial charge in [0.25, 0.3) is 0 Å². The lowest BCUT2D eigenvalue weighted by Crippen LogP contribution is -2.39. The van der Waals surface area contributed by atoms with Crippen molar-refractivity contribution in [3.63, 3.8) is 0 Å². The number of nitriles is 1. The van der Waals surface area contributed by atoms with Crippen LogP contribution in [0.3, 0.4) is 0 Å². The van der Waals surface area contributed by atoms with Gasteiger partial charge in [-0.15, -0.1) is 11.3 Å². The Bertz CT molecular complexity index is 1700. The third kappa shape index (κ3) is 4.30. The number of hydrogen-bond acceptors (Lipinski definition) is 8. The summed E-state index contributed by atoms with van der Waals surface area (Å²) >= 11 is 0.696. The first kappa shape index (κ1) is 27.3. The molecule has 1 atom stereocenters. The van der Waals surface area contributed by atoms with Crippen molar-refractivity contribution >= 4 is 49.2 Å². The number of methoxy groups -OCH3 is 1. The van der Waals surface area contributed by atoms with E-state index in [-0.39, 0.29) is 55.5 Å². The predicted molar refractivity (Wildman–Crippen MR) is 140 cm³/mol. The molecule has 2 aromatic carbocycles. The molecular formula is C26H21F5N6O2S. The van der Waals surface area contributed by atoms with Crippen LogP contribution in [0.15, 0.2) is 24.5 Å². The molecule has 3 heterocycles. The van der Waals surface area contributed by atoms with Crippen LogP contribution in [-0.4, -0.2) is 53.7 Å². The number of nitrogens with zero attached hydrogens (tertiary/aromatic N) is 5. The monoisotopic (exact) mass is 576 g/mol. The molecule has 2 aromatic heterocycles. The molecule has 208 valence electrons. The zero-order chi connectivity index (χ0) is 28.9. The van der Waals surface area contributed by atoms with Crippen LogP contribution in [-0.2, 0) is 10.9 Å². The zero-order valence-electron chi connectivity index (χ0n) is 21.1. The summed E-state index contributed by atoms with van der Waals surface area (Å²) in [5.41, 5.74) is 2.70. The quantitative estimate of drug-likeness (QED) is 0.300. The molecule has 1 fully saturated rings. The fourth-order valence-corrected chi connectivity index (χ4v) is 6.19. The van der Waals surface area contributed by atoms with E-state index in [2.05, 4.69) is 9.97 Å². The molecule has 0 bridgehead atoms. The molecule has 14 heteroatoms. The topological polar surface area (TPSA) is 108 Å². The van der Waals surface area contributed by atoms with E-state index in [9.17, 15) is 27.6 Å². The van der Waals surface area contributed by atoms with Gasteiger partial charge in [-0.3, -0.25) is 0 Å². The normalized spacial score (nSPS) is 15.6. The van der Waals surface area contributed by atoms with Crippen LogP contribution in [0.4, 0.5) is 37.6 Å². The molecule has 1 saturated heterocycles. The summed E-state index contributed by atoms with van der Waals surface area (Å²) in [5.74, 6) is -2.02. The van der Waals surface area contributed by atoms with Crippen molar-refractivity contribution in [2.75, 3.05) is 37.4 Å². The highest BCUT2D eigenvalue weighted by molar-refractivity contribution is 7.23. The second-order valence-electron chi connectivity index (χ2n) is 9.10. The van der Waals surface area contributed by atoms with Gasteiger partial charge in [0.1, 0.15) is 34.5 Å². The summed E-state index contributed by atoms with van der Waals surface area (Å²) in [6, 6.07) is 4.17. The summed E-state index contributed by atoms with van der Waals surface area (Å²) in [7, 11) is 1.25. The van der Waals surface area contributed by atoms with Crippen LogP contribution >= 0.6 is 11.3 Å². The number of ether oxygens (including phenoxy) is 1. The van der Waals surface area contributed by atoms with Gasteiger partial charge in [0.2, 0.25) is 0 Å². The average molecular weight is 577 g/mol. The number of halogens is 5. The Labute approximate surface area is 228 Å². The molecule has 1 amide bonds. The number of nitrogen functional groups attached to an aromatic ring is 1. The van der Waals surface area contributed by atoms with E-state index >= 15 is 4.39 Å². The molecule has 2 N–H and O–H groups in total. The van der Waals surface area contributed by atoms with Crippen LogP contribution in [0.25, 0.3) is 32.1 Å². The average Bonchev–Trinajstić information content (AvgIpc) is 3.54. The molecule has 1 aliphatic heterocycles. The Balaban J connectivity index is 1.77. The summed E-state index contributed by atoms with van der Waals surface area (Å²) in [5, 5.41) is 9.13. The number of rotatable bonds is 4. The van der Waals surface area contributed by atoms with Gasteiger partial charge in [-0.2, -0.15) is 18.4 Å². The van der Waals surface area contributed by atoms with Crippen molar-refractivity contribution in [2.24, 2.45) is 0 Å². The molecule has 8 nitrogen and oxygen atoms in total. The Morgan fingerprint density at radius 2 is 2.08 bits per heavy atom. The number of thiophene rings is 1. The van der Waals surface area contributed by atoms with Gasteiger partial charge in [0.05, 0.1) is 22.9 Å². The summed E-state index contributed by atoms with van der Waals surface area (Å²) < 4.78 is 79.2. The molecule has 5 rings (SSSR count). The lowest BCUT2D eigenvalue weighted by Gasteiger charge is -2.30. The molecule has 1 aliphatic rings. The first-order valence-corrected chi connectivity index (χ1v) is 12.9. The number of carbonyl (C=O) groups is 1. The van der Waals surface area contributed by atoms with Gasteiger partial charge < -0.3 is 20.3 Å². The van der Waals surface area contributed by atoms with Gasteiger partial charge in [0.15, 0.2) is 5.82 Å². The van der Waals surface area contributed by atoms with E-state index in [0.717, 1.165) is 24.5 Å². The van der Waals surface area contributed by atoms with Gasteiger partial charge in [-0.1, -0.05) is 6.07 Å². The number of likely N-dealkylation sites (N-methyl/N-ethyl adjacent to an activating group) is 1. The lowest BCUT2D eigenvalue weighted by molar-refractivity contribution is -0.137. The lowest BCUT2D eigenvalue weighted by atomic mass is 9.92. The van der Waals surface area contributed by atoms with Crippen molar-refractivity contribution in [3.05, 3.63) is 47.3 Å². The SMILES string of the molecule is CCN(c1ncnc2c(F)c(-c3ccc(F)c4sc(N)c(C#N)c34)c(C(F)(F)F)cc12)[C@H]1CCN(C(=O)OC)C1. The fraction of sp³-hybridized carbons (Fsp3) is 0.308. The van der Waals surface area contributed by atoms with Gasteiger partial charge in [-0.25, -0.2) is 23.5 Å². The standard InChI is InChI=1S/C26H21F5N6O2S/c1-3-37(12-6-7-36(10-12)25(38)39-2)24-14-8-16(26(29,30)31)19(20(28)21(14)34-11-35-24)13-4-5-17(27)22-18(13)15(9-32)23(33)40-22/h4-5,8,11-12H,3,6-7,10,33H2,1-2H3/t12-/m0/s1. The number of carbonyl (C=O) groups excluding carboxylic acids is 1. The van der Waals surface area contributed by atoms with Gasteiger partial charge in [-0.05, 0) is 31.0 Å². The largest absolute Gasteiger partial charge is 0.453 e. The minimum absolute atomic E-state index is 0.0712. The fourth-order valence-electron chi connectivity index (χ4n) is 5.24. The highest BCUT2D eigenvalue weighted by atomic mass is 32.1. The highest BCUT2D eigenvalue weighted by Gasteiger charge is 2.39. The molecule has 0 unspecified atom stereocenters. The summed E-state index contributed by atoms with van der Waals surface area (Å²) in [4.78, 5) is 23.3. The van der Waals surface area contributed by atoms with E-state index in [1.807, 2.05) is 0 Å². The van der Waals surface area contributed by atoms with E-state index in [0.29, 0.717) is 30.8 Å². The molecule has 40 heavy (non-hydrogen) atoms. The summed E-state index contributed by atoms with van der Waals surface area (Å²) in [6.45, 7) is 2.68. The third-order valence-electron chi connectivity index (χ3n) is 7.00. The third-order valence-corrected chi connectivity index (χ3v) is 8.03. The van der Waals surface area contributed by atoms with Gasteiger partial charge in [0, 0.05) is 42.0 Å². The summed E-state index contributed by atoms with van der Waals surface area (Å²) in [6.07, 6.45) is -4.03. The van der Waals surface area contributed by atoms with Crippen molar-refractivity contribution < 1.29 is 31.5 Å². The molecule has 0 saturated carbocycles. The first-order valence-electron chi connectivity index (χ1n) is 12.1. The maximum atomic E-state index is 16.3. The van der Waals surface area contributed by atoms with Crippen LogP contribution in [0.2, 0.25) is 0 Å². The van der Waals surface area contributed by atoms with E-state index in [1.165, 1.54) is 12.0 Å². The van der Waals surface area contributed by atoms with Crippen molar-refractivity contribution in [1.29, 1.82) is 5.26 Å². The number of alkyl halides is 3. The smallest absolute Gasteiger partial charge is 0.417 e. The number of benzene rings is 2. The van der Waals surface area contributed by atoms with E-state index in [4.69, 9.17) is 10.5 Å². The Morgan fingerprint density at radius 1 is 1.32 bits per heavy atom. The first-order chi connectivity index (χ1) is 19.0. The second-order valence-corrected chi connectivity index (χ2v) is 10.2. The molecular weight excluding hydrogens is 555 g/mol. The minimum atomic E-state index is -5.04. The zero-order valence-corrected chi connectivity index (χ0v) is 22.0. The van der Waals surface area contributed by atoms with Gasteiger partial charge >= 0.3 is 12.3 Å². The second kappa shape index (κ2) is 10.1. The number of likely N-dealkylation sites (tertiary alicyclic amines) is 1. The number of anilines is 2. The Morgan fingerprint density at radius 3 is 2.73 bits per heavy atom. The molecule has 0 spiro atoms. The van der Waals surface area contributed by atoms with Crippen molar-refractivity contribution in [2.45, 2.75) is 25.6 Å². The predicted octanol–water partition coefficient (Wildman–Crippen LogP) is 5.93. The van der Waals surface area contributed by atoms with E-state index < -0.39 is 35.0 Å². The minimum Gasteiger partial charge on any atom is -0.453 e. The number of amides is 1. The van der Waals surface area contributed by atoms with Crippen molar-refractivity contribution in [3.8, 4) is 17.2 Å². The van der Waals surface area contributed by atoms with Crippen LogP contribution in [0.1, 0.15) is 24.5 Å².